The first-order valence-corrected chi connectivity index (χ1v) is 7.83. The van der Waals surface area contributed by atoms with E-state index in [0.29, 0.717) is 22.6 Å². The van der Waals surface area contributed by atoms with Crippen molar-refractivity contribution in [2.75, 3.05) is 6.79 Å². The molecule has 0 atom stereocenters. The number of nitrogens with zero attached hydrogens (tertiary/aromatic N) is 1. The predicted octanol–water partition coefficient (Wildman–Crippen LogP) is 2.46. The number of amides is 2. The van der Waals surface area contributed by atoms with E-state index < -0.39 is 0 Å². The van der Waals surface area contributed by atoms with Gasteiger partial charge < -0.3 is 14.6 Å². The van der Waals surface area contributed by atoms with Crippen LogP contribution in [0.4, 0.5) is 0 Å². The van der Waals surface area contributed by atoms with Gasteiger partial charge in [0.05, 0.1) is 13.0 Å². The fraction of sp³-hybridized carbons (Fsp3) is 0.158. The Labute approximate surface area is 143 Å². The van der Waals surface area contributed by atoms with E-state index in [1.807, 2.05) is 6.07 Å². The molecule has 2 aliphatic heterocycles. The molecule has 1 N–H and O–H groups in total. The number of ether oxygens (including phenoxy) is 2. The Kier molecular flexibility index (Phi) is 3.65. The number of likely N-dealkylation sites (tertiary alicyclic amines) is 1. The van der Waals surface area contributed by atoms with Crippen molar-refractivity contribution in [3.8, 4) is 17.2 Å². The maximum atomic E-state index is 12.6. The first-order chi connectivity index (χ1) is 12.1. The molecular weight excluding hydrogens is 322 g/mol. The lowest BCUT2D eigenvalue weighted by atomic mass is 10.1. The van der Waals surface area contributed by atoms with Crippen LogP contribution < -0.4 is 9.47 Å². The molecule has 4 rings (SSSR count). The SMILES string of the molecule is O=C1C/C(=C\c2cccc(O)c2)C(=O)N1Cc1ccc2c(c1)OCO2. The van der Waals surface area contributed by atoms with Crippen molar-refractivity contribution in [2.24, 2.45) is 0 Å². The Bertz CT molecular complexity index is 902. The summed E-state index contributed by atoms with van der Waals surface area (Å²) in [6.45, 7) is 0.364. The maximum absolute atomic E-state index is 12.6. The van der Waals surface area contributed by atoms with Crippen LogP contribution in [0.25, 0.3) is 6.08 Å². The topological polar surface area (TPSA) is 76.1 Å². The number of phenolic OH excluding ortho intramolecular Hbond substituents is 1. The monoisotopic (exact) mass is 337 g/mol. The van der Waals surface area contributed by atoms with E-state index in [1.165, 1.54) is 4.90 Å². The number of hydrogen-bond acceptors (Lipinski definition) is 5. The first-order valence-electron chi connectivity index (χ1n) is 7.83. The summed E-state index contributed by atoms with van der Waals surface area (Å²) in [4.78, 5) is 26.0. The number of fused-ring (bicyclic) bond motifs is 1. The van der Waals surface area contributed by atoms with E-state index in [9.17, 15) is 14.7 Å². The minimum atomic E-state index is -0.314. The van der Waals surface area contributed by atoms with E-state index in [2.05, 4.69) is 0 Å². The number of aromatic hydroxyl groups is 1. The second-order valence-electron chi connectivity index (χ2n) is 5.91. The van der Waals surface area contributed by atoms with Crippen LogP contribution in [0.15, 0.2) is 48.0 Å². The Hall–Kier alpha value is -3.28. The summed E-state index contributed by atoms with van der Waals surface area (Å²) in [5.41, 5.74) is 1.89. The zero-order valence-corrected chi connectivity index (χ0v) is 13.3. The van der Waals surface area contributed by atoms with Crippen LogP contribution in [-0.2, 0) is 16.1 Å². The predicted molar refractivity (Wildman–Crippen MR) is 88.8 cm³/mol. The molecule has 2 aromatic rings. The highest BCUT2D eigenvalue weighted by atomic mass is 16.7. The molecule has 0 unspecified atom stereocenters. The normalized spacial score (nSPS) is 17.6. The van der Waals surface area contributed by atoms with Gasteiger partial charge in [-0.15, -0.1) is 0 Å². The molecule has 2 amide bonds. The smallest absolute Gasteiger partial charge is 0.257 e. The van der Waals surface area contributed by atoms with E-state index >= 15 is 0 Å². The lowest BCUT2D eigenvalue weighted by Crippen LogP contribution is -2.28. The van der Waals surface area contributed by atoms with Crippen LogP contribution >= 0.6 is 0 Å². The Balaban J connectivity index is 1.55. The average Bonchev–Trinajstić information content (AvgIpc) is 3.15. The van der Waals surface area contributed by atoms with Crippen molar-refractivity contribution in [3.63, 3.8) is 0 Å². The molecular formula is C19H15NO5. The summed E-state index contributed by atoms with van der Waals surface area (Å²) >= 11 is 0. The molecule has 0 saturated carbocycles. The van der Waals surface area contributed by atoms with Gasteiger partial charge in [0.1, 0.15) is 5.75 Å². The van der Waals surface area contributed by atoms with E-state index in [1.54, 1.807) is 42.5 Å². The van der Waals surface area contributed by atoms with Gasteiger partial charge in [0.2, 0.25) is 12.7 Å². The molecule has 1 fully saturated rings. The van der Waals surface area contributed by atoms with Crippen molar-refractivity contribution < 1.29 is 24.2 Å². The summed E-state index contributed by atoms with van der Waals surface area (Å²) < 4.78 is 10.6. The van der Waals surface area contributed by atoms with Gasteiger partial charge in [-0.1, -0.05) is 18.2 Å². The molecule has 6 heteroatoms. The van der Waals surface area contributed by atoms with Gasteiger partial charge in [-0.05, 0) is 41.5 Å². The third-order valence-corrected chi connectivity index (χ3v) is 4.15. The molecule has 25 heavy (non-hydrogen) atoms. The summed E-state index contributed by atoms with van der Waals surface area (Å²) in [5, 5.41) is 9.51. The van der Waals surface area contributed by atoms with Crippen LogP contribution in [0.5, 0.6) is 17.2 Å². The average molecular weight is 337 g/mol. The molecule has 1 saturated heterocycles. The molecule has 0 radical (unpaired) electrons. The van der Waals surface area contributed by atoms with Gasteiger partial charge in [0.15, 0.2) is 11.5 Å². The molecule has 126 valence electrons. The number of imide groups is 1. The van der Waals surface area contributed by atoms with Gasteiger partial charge >= 0.3 is 0 Å². The second-order valence-corrected chi connectivity index (χ2v) is 5.91. The molecule has 6 nitrogen and oxygen atoms in total. The minimum absolute atomic E-state index is 0.0546. The largest absolute Gasteiger partial charge is 0.508 e. The number of hydrogen-bond donors (Lipinski definition) is 1. The van der Waals surface area contributed by atoms with Crippen molar-refractivity contribution >= 4 is 17.9 Å². The standard InChI is InChI=1S/C19H15NO5/c21-15-3-1-2-12(7-15)6-14-9-18(22)20(19(14)23)10-13-4-5-16-17(8-13)25-11-24-16/h1-8,21H,9-11H2/b14-6+. The van der Waals surface area contributed by atoms with Crippen LogP contribution in [0.2, 0.25) is 0 Å². The third-order valence-electron chi connectivity index (χ3n) is 4.15. The first kappa shape index (κ1) is 15.3. The molecule has 0 spiro atoms. The quantitative estimate of drug-likeness (QED) is 0.688. The molecule has 2 aromatic carbocycles. The molecule has 0 aromatic heterocycles. The van der Waals surface area contributed by atoms with E-state index in [-0.39, 0.29) is 37.3 Å². The fourth-order valence-corrected chi connectivity index (χ4v) is 2.93. The highest BCUT2D eigenvalue weighted by Crippen LogP contribution is 2.33. The molecule has 0 bridgehead atoms. The van der Waals surface area contributed by atoms with E-state index in [0.717, 1.165) is 5.56 Å². The Morgan fingerprint density at radius 3 is 2.76 bits per heavy atom. The lowest BCUT2D eigenvalue weighted by Gasteiger charge is -2.13. The summed E-state index contributed by atoms with van der Waals surface area (Å²) in [5.74, 6) is 0.836. The minimum Gasteiger partial charge on any atom is -0.508 e. The summed E-state index contributed by atoms with van der Waals surface area (Å²) in [6, 6.07) is 11.9. The Morgan fingerprint density at radius 1 is 1.08 bits per heavy atom. The van der Waals surface area contributed by atoms with Crippen molar-refractivity contribution in [2.45, 2.75) is 13.0 Å². The van der Waals surface area contributed by atoms with Gasteiger partial charge in [0, 0.05) is 5.57 Å². The Morgan fingerprint density at radius 2 is 1.92 bits per heavy atom. The molecule has 2 aliphatic rings. The van der Waals surface area contributed by atoms with Crippen molar-refractivity contribution in [1.29, 1.82) is 0 Å². The maximum Gasteiger partial charge on any atom is 0.257 e. The number of phenols is 1. The zero-order valence-electron chi connectivity index (χ0n) is 13.3. The summed E-state index contributed by atoms with van der Waals surface area (Å²) in [7, 11) is 0. The van der Waals surface area contributed by atoms with Gasteiger partial charge in [-0.25, -0.2) is 0 Å². The van der Waals surface area contributed by atoms with Crippen LogP contribution in [0, 0.1) is 0 Å². The van der Waals surface area contributed by atoms with E-state index in [4.69, 9.17) is 9.47 Å². The van der Waals surface area contributed by atoms with Gasteiger partial charge in [-0.3, -0.25) is 14.5 Å². The number of benzene rings is 2. The number of carbonyl (C=O) groups is 2. The molecule has 0 aliphatic carbocycles. The third kappa shape index (κ3) is 2.94. The summed E-state index contributed by atoms with van der Waals surface area (Å²) in [6.07, 6.45) is 1.69. The second kappa shape index (κ2) is 5.98. The molecule has 2 heterocycles. The van der Waals surface area contributed by atoms with Crippen LogP contribution in [0.1, 0.15) is 17.5 Å². The van der Waals surface area contributed by atoms with Gasteiger partial charge in [0.25, 0.3) is 5.91 Å². The highest BCUT2D eigenvalue weighted by Gasteiger charge is 2.33. The van der Waals surface area contributed by atoms with Crippen LogP contribution in [-0.4, -0.2) is 28.6 Å². The van der Waals surface area contributed by atoms with Crippen molar-refractivity contribution in [3.05, 3.63) is 59.2 Å². The van der Waals surface area contributed by atoms with Gasteiger partial charge in [-0.2, -0.15) is 0 Å². The zero-order chi connectivity index (χ0) is 17.4. The highest BCUT2D eigenvalue weighted by molar-refractivity contribution is 6.15. The van der Waals surface area contributed by atoms with Crippen LogP contribution in [0.3, 0.4) is 0 Å². The van der Waals surface area contributed by atoms with Crippen molar-refractivity contribution in [1.82, 2.24) is 4.90 Å². The number of rotatable bonds is 3. The lowest BCUT2D eigenvalue weighted by molar-refractivity contribution is -0.138. The number of carbonyl (C=O) groups excluding carboxylic acids is 2. The fourth-order valence-electron chi connectivity index (χ4n) is 2.93.